The Labute approximate surface area is 237 Å². The Morgan fingerprint density at radius 3 is 2.42 bits per heavy atom. The SMILES string of the molecule is COc1ccc(CCN2C(=S)N(c3ccc(Cl)cc3)C(=O)[C@@H]2CC(=O)Nc2cccc(Cl)c2C)cc1OC. The van der Waals surface area contributed by atoms with Gasteiger partial charge in [-0.25, -0.2) is 0 Å². The van der Waals surface area contributed by atoms with Gasteiger partial charge < -0.3 is 19.7 Å². The molecule has 0 aromatic heterocycles. The lowest BCUT2D eigenvalue weighted by Gasteiger charge is -2.24. The van der Waals surface area contributed by atoms with Crippen molar-refractivity contribution in [3.05, 3.63) is 81.8 Å². The van der Waals surface area contributed by atoms with Crippen molar-refractivity contribution >= 4 is 63.7 Å². The number of anilines is 2. The molecule has 0 aliphatic carbocycles. The van der Waals surface area contributed by atoms with Crippen LogP contribution in [0.3, 0.4) is 0 Å². The van der Waals surface area contributed by atoms with Gasteiger partial charge in [0.15, 0.2) is 16.6 Å². The zero-order valence-electron chi connectivity index (χ0n) is 21.2. The summed E-state index contributed by atoms with van der Waals surface area (Å²) in [5, 5.41) is 4.31. The van der Waals surface area contributed by atoms with E-state index in [2.05, 4.69) is 5.32 Å². The highest BCUT2D eigenvalue weighted by molar-refractivity contribution is 7.80. The molecule has 1 fully saturated rings. The van der Waals surface area contributed by atoms with Gasteiger partial charge >= 0.3 is 0 Å². The van der Waals surface area contributed by atoms with Crippen LogP contribution >= 0.6 is 35.4 Å². The summed E-state index contributed by atoms with van der Waals surface area (Å²) in [6, 6.07) is 17.0. The molecule has 3 aromatic carbocycles. The molecule has 7 nitrogen and oxygen atoms in total. The lowest BCUT2D eigenvalue weighted by Crippen LogP contribution is -2.39. The third kappa shape index (κ3) is 5.88. The van der Waals surface area contributed by atoms with Crippen molar-refractivity contribution in [2.45, 2.75) is 25.8 Å². The van der Waals surface area contributed by atoms with Gasteiger partial charge in [0.1, 0.15) is 6.04 Å². The van der Waals surface area contributed by atoms with Crippen molar-refractivity contribution in [3.63, 3.8) is 0 Å². The highest BCUT2D eigenvalue weighted by atomic mass is 35.5. The molecular formula is C28H27Cl2N3O4S. The molecule has 2 amide bonds. The van der Waals surface area contributed by atoms with Crippen molar-refractivity contribution in [2.75, 3.05) is 31.0 Å². The van der Waals surface area contributed by atoms with Gasteiger partial charge in [-0.15, -0.1) is 0 Å². The number of hydrogen-bond acceptors (Lipinski definition) is 5. The molecule has 0 radical (unpaired) electrons. The molecule has 3 aromatic rings. The fourth-order valence-corrected chi connectivity index (χ4v) is 5.04. The molecule has 1 aliphatic heterocycles. The first kappa shape index (κ1) is 27.7. The smallest absolute Gasteiger partial charge is 0.256 e. The van der Waals surface area contributed by atoms with E-state index in [-0.39, 0.29) is 18.2 Å². The van der Waals surface area contributed by atoms with Gasteiger partial charge in [0.2, 0.25) is 5.91 Å². The van der Waals surface area contributed by atoms with Crippen LogP contribution in [0.5, 0.6) is 11.5 Å². The van der Waals surface area contributed by atoms with E-state index in [1.165, 1.54) is 4.90 Å². The summed E-state index contributed by atoms with van der Waals surface area (Å²) in [6.07, 6.45) is 0.481. The number of nitrogens with one attached hydrogen (secondary N) is 1. The third-order valence-corrected chi connectivity index (χ3v) is 7.49. The van der Waals surface area contributed by atoms with Crippen LogP contribution in [0.2, 0.25) is 10.0 Å². The number of ether oxygens (including phenoxy) is 2. The van der Waals surface area contributed by atoms with Crippen LogP contribution in [0.1, 0.15) is 17.5 Å². The van der Waals surface area contributed by atoms with Crippen molar-refractivity contribution in [2.24, 2.45) is 0 Å². The number of benzene rings is 3. The van der Waals surface area contributed by atoms with E-state index in [4.69, 9.17) is 44.9 Å². The number of halogens is 2. The maximum absolute atomic E-state index is 13.6. The molecule has 1 aliphatic rings. The fourth-order valence-electron chi connectivity index (χ4n) is 4.32. The van der Waals surface area contributed by atoms with Crippen LogP contribution in [-0.2, 0) is 16.0 Å². The standard InChI is InChI=1S/C28H27Cl2N3O4S/c1-17-21(30)5-4-6-22(17)31-26(34)16-23-27(35)33(20-10-8-19(29)9-11-20)28(38)32(23)14-13-18-7-12-24(36-2)25(15-18)37-3/h4-12,15,23H,13-14,16H2,1-3H3,(H,31,34)/t23-/m0/s1. The number of amides is 2. The minimum absolute atomic E-state index is 0.0824. The van der Waals surface area contributed by atoms with Gasteiger partial charge in [0, 0.05) is 22.3 Å². The highest BCUT2D eigenvalue weighted by Crippen LogP contribution is 2.31. The molecule has 1 heterocycles. The molecule has 4 rings (SSSR count). The number of thiocarbonyl (C=S) groups is 1. The summed E-state index contributed by atoms with van der Waals surface area (Å²) in [5.74, 6) is 0.650. The largest absolute Gasteiger partial charge is 0.493 e. The monoisotopic (exact) mass is 571 g/mol. The van der Waals surface area contributed by atoms with Gasteiger partial charge in [-0.05, 0) is 85.2 Å². The van der Waals surface area contributed by atoms with Crippen molar-refractivity contribution in [1.82, 2.24) is 4.90 Å². The quantitative estimate of drug-likeness (QED) is 0.323. The minimum Gasteiger partial charge on any atom is -0.493 e. The summed E-state index contributed by atoms with van der Waals surface area (Å²) in [5.41, 5.74) is 2.92. The fraction of sp³-hybridized carbons (Fsp3) is 0.250. The second-order valence-electron chi connectivity index (χ2n) is 8.75. The van der Waals surface area contributed by atoms with Crippen LogP contribution in [0.25, 0.3) is 0 Å². The zero-order valence-corrected chi connectivity index (χ0v) is 23.5. The van der Waals surface area contributed by atoms with Gasteiger partial charge in [-0.3, -0.25) is 14.5 Å². The van der Waals surface area contributed by atoms with Gasteiger partial charge in [0.25, 0.3) is 5.91 Å². The number of carbonyl (C=O) groups is 2. The van der Waals surface area contributed by atoms with Crippen LogP contribution < -0.4 is 19.7 Å². The van der Waals surface area contributed by atoms with Crippen LogP contribution in [0, 0.1) is 6.92 Å². The van der Waals surface area contributed by atoms with Crippen molar-refractivity contribution in [1.29, 1.82) is 0 Å². The molecule has 1 atom stereocenters. The van der Waals surface area contributed by atoms with E-state index < -0.39 is 6.04 Å². The normalized spacial score (nSPS) is 15.1. The molecule has 198 valence electrons. The third-order valence-electron chi connectivity index (χ3n) is 6.41. The molecule has 0 saturated carbocycles. The lowest BCUT2D eigenvalue weighted by molar-refractivity contribution is -0.124. The zero-order chi connectivity index (χ0) is 27.4. The van der Waals surface area contributed by atoms with Crippen molar-refractivity contribution < 1.29 is 19.1 Å². The van der Waals surface area contributed by atoms with Crippen molar-refractivity contribution in [3.8, 4) is 11.5 Å². The lowest BCUT2D eigenvalue weighted by atomic mass is 10.1. The first-order valence-corrected chi connectivity index (χ1v) is 13.1. The Hall–Kier alpha value is -3.33. The second kappa shape index (κ2) is 12.0. The van der Waals surface area contributed by atoms with E-state index in [1.807, 2.05) is 25.1 Å². The number of rotatable bonds is 9. The highest BCUT2D eigenvalue weighted by Gasteiger charge is 2.44. The number of nitrogens with zero attached hydrogens (tertiary/aromatic N) is 2. The first-order valence-electron chi connectivity index (χ1n) is 11.9. The molecule has 0 bridgehead atoms. The van der Waals surface area contributed by atoms with Gasteiger partial charge in [0.05, 0.1) is 26.3 Å². The molecular weight excluding hydrogens is 545 g/mol. The summed E-state index contributed by atoms with van der Waals surface area (Å²) in [4.78, 5) is 30.0. The van der Waals surface area contributed by atoms with Gasteiger partial charge in [-0.2, -0.15) is 0 Å². The number of methoxy groups -OCH3 is 2. The average Bonchev–Trinajstić information content (AvgIpc) is 3.14. The number of hydrogen-bond donors (Lipinski definition) is 1. The molecule has 1 N–H and O–H groups in total. The Balaban J connectivity index is 1.58. The van der Waals surface area contributed by atoms with Crippen LogP contribution in [0.15, 0.2) is 60.7 Å². The van der Waals surface area contributed by atoms with Crippen LogP contribution in [-0.4, -0.2) is 48.6 Å². The van der Waals surface area contributed by atoms with E-state index in [1.54, 1.807) is 61.6 Å². The first-order chi connectivity index (χ1) is 18.2. The predicted molar refractivity (Wildman–Crippen MR) is 155 cm³/mol. The molecule has 1 saturated heterocycles. The molecule has 10 heteroatoms. The molecule has 0 unspecified atom stereocenters. The summed E-state index contributed by atoms with van der Waals surface area (Å²) in [6.45, 7) is 2.24. The Morgan fingerprint density at radius 2 is 1.74 bits per heavy atom. The number of carbonyl (C=O) groups excluding carboxylic acids is 2. The van der Waals surface area contributed by atoms with E-state index in [0.717, 1.165) is 11.1 Å². The van der Waals surface area contributed by atoms with E-state index in [9.17, 15) is 9.59 Å². The van der Waals surface area contributed by atoms with Crippen LogP contribution in [0.4, 0.5) is 11.4 Å². The topological polar surface area (TPSA) is 71.1 Å². The summed E-state index contributed by atoms with van der Waals surface area (Å²) >= 11 is 18.0. The Kier molecular flexibility index (Phi) is 8.76. The average molecular weight is 573 g/mol. The summed E-state index contributed by atoms with van der Waals surface area (Å²) < 4.78 is 10.7. The Morgan fingerprint density at radius 1 is 1.03 bits per heavy atom. The summed E-state index contributed by atoms with van der Waals surface area (Å²) in [7, 11) is 3.16. The molecule has 38 heavy (non-hydrogen) atoms. The maximum Gasteiger partial charge on any atom is 0.256 e. The van der Waals surface area contributed by atoms with E-state index in [0.29, 0.717) is 51.0 Å². The second-order valence-corrected chi connectivity index (χ2v) is 9.95. The maximum atomic E-state index is 13.6. The molecule has 0 spiro atoms. The minimum atomic E-state index is -0.780. The Bertz CT molecular complexity index is 1370. The van der Waals surface area contributed by atoms with E-state index >= 15 is 0 Å². The van der Waals surface area contributed by atoms with Gasteiger partial charge in [-0.1, -0.05) is 35.3 Å². The predicted octanol–water partition coefficient (Wildman–Crippen LogP) is 5.89.